The number of aryl methyl sites for hydroxylation is 3. The Morgan fingerprint density at radius 1 is 1.04 bits per heavy atom. The zero-order valence-corrected chi connectivity index (χ0v) is 17.7. The van der Waals surface area contributed by atoms with E-state index >= 15 is 0 Å². The first-order valence-corrected chi connectivity index (χ1v) is 9.27. The summed E-state index contributed by atoms with van der Waals surface area (Å²) in [5.41, 5.74) is 12.0. The van der Waals surface area contributed by atoms with Crippen LogP contribution in [-0.4, -0.2) is 13.0 Å². The van der Waals surface area contributed by atoms with E-state index in [0.717, 1.165) is 35.1 Å². The molecule has 2 N–H and O–H groups in total. The molecule has 0 heterocycles. The van der Waals surface area contributed by atoms with Crippen molar-refractivity contribution in [3.05, 3.63) is 57.6 Å². The number of rotatable bonds is 5. The Labute approximate surface area is 165 Å². The van der Waals surface area contributed by atoms with Crippen molar-refractivity contribution in [3.8, 4) is 0 Å². The van der Waals surface area contributed by atoms with Crippen LogP contribution in [-0.2, 0) is 19.3 Å². The van der Waals surface area contributed by atoms with Crippen molar-refractivity contribution >= 4 is 45.7 Å². The Kier molecular flexibility index (Phi) is 8.46. The van der Waals surface area contributed by atoms with Crippen LogP contribution in [0.3, 0.4) is 0 Å². The van der Waals surface area contributed by atoms with Gasteiger partial charge in [-0.3, -0.25) is 0 Å². The summed E-state index contributed by atoms with van der Waals surface area (Å²) in [6, 6.07) is 12.7. The number of hydrogen-bond donors (Lipinski definition) is 1. The summed E-state index contributed by atoms with van der Waals surface area (Å²) < 4.78 is 1.03. The number of hydrogen-bond acceptors (Lipinski definition) is 1. The predicted octanol–water partition coefficient (Wildman–Crippen LogP) is 5.64. The van der Waals surface area contributed by atoms with Crippen molar-refractivity contribution in [2.75, 3.05) is 11.9 Å². The van der Waals surface area contributed by atoms with Crippen LogP contribution in [0, 0.1) is 0 Å². The number of anilines is 1. The van der Waals surface area contributed by atoms with Crippen molar-refractivity contribution in [3.63, 3.8) is 0 Å². The van der Waals surface area contributed by atoms with Gasteiger partial charge in [0.15, 0.2) is 0 Å². The Morgan fingerprint density at radius 2 is 1.72 bits per heavy atom. The zero-order chi connectivity index (χ0) is 17.7. The first kappa shape index (κ1) is 21.5. The van der Waals surface area contributed by atoms with Crippen molar-refractivity contribution in [2.45, 2.75) is 40.0 Å². The number of nitrogens with zero attached hydrogens (tertiary/aromatic N) is 2. The number of nitrogens with two attached hydrogens (primary N) is 1. The number of guanidine groups is 1. The summed E-state index contributed by atoms with van der Waals surface area (Å²) in [7, 11) is 1.95. The summed E-state index contributed by atoms with van der Waals surface area (Å²) in [6.45, 7) is 6.46. The summed E-state index contributed by atoms with van der Waals surface area (Å²) in [6.07, 6.45) is 2.95. The highest BCUT2D eigenvalue weighted by molar-refractivity contribution is 9.10. The van der Waals surface area contributed by atoms with E-state index in [1.807, 2.05) is 11.9 Å². The van der Waals surface area contributed by atoms with Crippen LogP contribution < -0.4 is 10.6 Å². The fraction of sp³-hybridized carbons (Fsp3) is 0.350. The lowest BCUT2D eigenvalue weighted by molar-refractivity contribution is 1.07. The van der Waals surface area contributed by atoms with Gasteiger partial charge in [-0.2, -0.15) is 0 Å². The van der Waals surface area contributed by atoms with Crippen LogP contribution in [0.15, 0.2) is 45.9 Å². The van der Waals surface area contributed by atoms with E-state index in [1.54, 1.807) is 0 Å². The molecule has 0 amide bonds. The van der Waals surface area contributed by atoms with E-state index in [0.29, 0.717) is 5.96 Å². The Bertz CT molecular complexity index is 744. The first-order chi connectivity index (χ1) is 11.5. The fourth-order valence-electron chi connectivity index (χ4n) is 2.59. The summed E-state index contributed by atoms with van der Waals surface area (Å²) in [5, 5.41) is 0. The Hall–Kier alpha value is -1.52. The van der Waals surface area contributed by atoms with Crippen LogP contribution in [0.5, 0.6) is 0 Å². The SMILES string of the molecule is CCc1cccc(N(C)C(N)=Nc2cc(CC)cc(CC)c2Br)c1.Cl. The van der Waals surface area contributed by atoms with E-state index in [2.05, 4.69) is 78.1 Å². The maximum atomic E-state index is 6.28. The zero-order valence-electron chi connectivity index (χ0n) is 15.3. The van der Waals surface area contributed by atoms with Crippen LogP contribution in [0.25, 0.3) is 0 Å². The third-order valence-corrected chi connectivity index (χ3v) is 5.18. The molecule has 5 heteroatoms. The molecule has 0 saturated carbocycles. The maximum absolute atomic E-state index is 6.28. The molecular weight excluding hydrogens is 398 g/mol. The minimum atomic E-state index is 0. The first-order valence-electron chi connectivity index (χ1n) is 8.48. The maximum Gasteiger partial charge on any atom is 0.200 e. The highest BCUT2D eigenvalue weighted by atomic mass is 79.9. The van der Waals surface area contributed by atoms with Gasteiger partial charge in [0.1, 0.15) is 0 Å². The van der Waals surface area contributed by atoms with Crippen LogP contribution in [0.2, 0.25) is 0 Å². The highest BCUT2D eigenvalue weighted by Gasteiger charge is 2.10. The van der Waals surface area contributed by atoms with E-state index in [9.17, 15) is 0 Å². The normalized spacial score (nSPS) is 11.2. The van der Waals surface area contributed by atoms with Gasteiger partial charge >= 0.3 is 0 Å². The minimum Gasteiger partial charge on any atom is -0.369 e. The largest absolute Gasteiger partial charge is 0.369 e. The molecular formula is C20H27BrClN3. The molecule has 0 aliphatic heterocycles. The van der Waals surface area contributed by atoms with Gasteiger partial charge in [0.2, 0.25) is 5.96 Å². The predicted molar refractivity (Wildman–Crippen MR) is 116 cm³/mol. The average Bonchev–Trinajstić information content (AvgIpc) is 2.62. The molecule has 25 heavy (non-hydrogen) atoms. The summed E-state index contributed by atoms with van der Waals surface area (Å²) >= 11 is 3.68. The van der Waals surface area contributed by atoms with Gasteiger partial charge in [0, 0.05) is 17.2 Å². The second-order valence-electron chi connectivity index (χ2n) is 5.85. The molecule has 2 aromatic rings. The topological polar surface area (TPSA) is 41.6 Å². The van der Waals surface area contributed by atoms with Crippen molar-refractivity contribution in [1.82, 2.24) is 0 Å². The molecule has 0 unspecified atom stereocenters. The molecule has 0 aliphatic carbocycles. The number of benzene rings is 2. The van der Waals surface area contributed by atoms with E-state index in [1.165, 1.54) is 16.7 Å². The molecule has 3 nitrogen and oxygen atoms in total. The molecule has 0 fully saturated rings. The smallest absolute Gasteiger partial charge is 0.200 e. The van der Waals surface area contributed by atoms with E-state index < -0.39 is 0 Å². The molecule has 136 valence electrons. The molecule has 2 aromatic carbocycles. The third kappa shape index (κ3) is 5.23. The van der Waals surface area contributed by atoms with Gasteiger partial charge in [0.05, 0.1) is 5.69 Å². The van der Waals surface area contributed by atoms with Crippen LogP contribution >= 0.6 is 28.3 Å². The molecule has 0 saturated heterocycles. The van der Waals surface area contributed by atoms with Gasteiger partial charge in [-0.05, 0) is 70.1 Å². The number of aliphatic imine (C=N–C) groups is 1. The van der Waals surface area contributed by atoms with Crippen molar-refractivity contribution < 1.29 is 0 Å². The molecule has 0 radical (unpaired) electrons. The standard InChI is InChI=1S/C20H26BrN3.ClH/c1-5-14-9-8-10-17(12-14)24(4)20(22)23-18-13-15(6-2)11-16(7-3)19(18)21;/h8-13H,5-7H2,1-4H3,(H2,22,23);1H. The van der Waals surface area contributed by atoms with Gasteiger partial charge < -0.3 is 10.6 Å². The summed E-state index contributed by atoms with van der Waals surface area (Å²) in [5.74, 6) is 0.485. The molecule has 0 bridgehead atoms. The second kappa shape index (κ2) is 9.83. The summed E-state index contributed by atoms with van der Waals surface area (Å²) in [4.78, 5) is 6.61. The van der Waals surface area contributed by atoms with Crippen LogP contribution in [0.1, 0.15) is 37.5 Å². The van der Waals surface area contributed by atoms with E-state index in [4.69, 9.17) is 5.73 Å². The van der Waals surface area contributed by atoms with Gasteiger partial charge in [0.25, 0.3) is 0 Å². The lowest BCUT2D eigenvalue weighted by Crippen LogP contribution is -2.33. The highest BCUT2D eigenvalue weighted by Crippen LogP contribution is 2.32. The third-order valence-electron chi connectivity index (χ3n) is 4.26. The molecule has 0 atom stereocenters. The molecule has 0 spiro atoms. The van der Waals surface area contributed by atoms with Gasteiger partial charge in [-0.15, -0.1) is 12.4 Å². The average molecular weight is 425 g/mol. The van der Waals surface area contributed by atoms with Crippen molar-refractivity contribution in [1.29, 1.82) is 0 Å². The molecule has 2 rings (SSSR count). The Morgan fingerprint density at radius 3 is 2.32 bits per heavy atom. The quantitative estimate of drug-likeness (QED) is 0.498. The minimum absolute atomic E-state index is 0. The fourth-order valence-corrected chi connectivity index (χ4v) is 3.19. The van der Waals surface area contributed by atoms with Gasteiger partial charge in [-0.25, -0.2) is 4.99 Å². The Balaban J connectivity index is 0.00000312. The number of halogens is 2. The lowest BCUT2D eigenvalue weighted by Gasteiger charge is -2.19. The van der Waals surface area contributed by atoms with E-state index in [-0.39, 0.29) is 12.4 Å². The van der Waals surface area contributed by atoms with Gasteiger partial charge in [-0.1, -0.05) is 39.0 Å². The lowest BCUT2D eigenvalue weighted by atomic mass is 10.1. The molecule has 0 aromatic heterocycles. The monoisotopic (exact) mass is 423 g/mol. The van der Waals surface area contributed by atoms with Crippen molar-refractivity contribution in [2.24, 2.45) is 10.7 Å². The second-order valence-corrected chi connectivity index (χ2v) is 6.64. The van der Waals surface area contributed by atoms with Crippen LogP contribution in [0.4, 0.5) is 11.4 Å². The molecule has 0 aliphatic rings.